The van der Waals surface area contributed by atoms with Gasteiger partial charge in [-0.1, -0.05) is 19.1 Å². The van der Waals surface area contributed by atoms with E-state index in [2.05, 4.69) is 38.6 Å². The number of hydrogen-bond donors (Lipinski definition) is 0. The summed E-state index contributed by atoms with van der Waals surface area (Å²) in [6.07, 6.45) is 5.58. The predicted octanol–water partition coefficient (Wildman–Crippen LogP) is 3.79. The normalized spacial score (nSPS) is 33.7. The number of epoxide rings is 1. The molecule has 0 bridgehead atoms. The third-order valence-electron chi connectivity index (χ3n) is 5.99. The summed E-state index contributed by atoms with van der Waals surface area (Å²) in [6, 6.07) is 4.52. The first-order valence-corrected chi connectivity index (χ1v) is 11.3. The number of fused-ring (bicyclic) bond motifs is 1. The fraction of sp³-hybridized carbons (Fsp3) is 0.650. The molecule has 0 saturated carbocycles. The number of thioether (sulfide) groups is 1. The van der Waals surface area contributed by atoms with Gasteiger partial charge in [-0.05, 0) is 29.7 Å². The van der Waals surface area contributed by atoms with Gasteiger partial charge in [0.25, 0.3) is 0 Å². The smallest absolute Gasteiger partial charge is 0.315 e. The summed E-state index contributed by atoms with van der Waals surface area (Å²) in [4.78, 5) is 14.3. The number of allylic oxidation sites excluding steroid dienone is 1. The number of carbonyl (C=O) groups excluding carboxylic acids is 1. The number of morpholine rings is 1. The molecule has 1 aromatic heterocycles. The van der Waals surface area contributed by atoms with Crippen LogP contribution in [0.3, 0.4) is 0 Å². The van der Waals surface area contributed by atoms with Crippen molar-refractivity contribution in [2.75, 3.05) is 20.6 Å². The molecule has 4 heterocycles. The van der Waals surface area contributed by atoms with E-state index in [0.717, 1.165) is 35.2 Å². The van der Waals surface area contributed by atoms with Crippen molar-refractivity contribution in [3.63, 3.8) is 0 Å². The second-order valence-electron chi connectivity index (χ2n) is 8.15. The fourth-order valence-corrected chi connectivity index (χ4v) is 6.42. The van der Waals surface area contributed by atoms with Crippen LogP contribution in [0.25, 0.3) is 0 Å². The largest absolute Gasteiger partial charge is 0.462 e. The third kappa shape index (κ3) is 3.61. The summed E-state index contributed by atoms with van der Waals surface area (Å²) >= 11 is 3.41. The summed E-state index contributed by atoms with van der Waals surface area (Å²) in [6.45, 7) is 3.19. The number of likely N-dealkylation sites (tertiary alicyclic amines) is 1. The molecule has 1 aromatic rings. The van der Waals surface area contributed by atoms with E-state index in [0.29, 0.717) is 18.2 Å². The van der Waals surface area contributed by atoms with Crippen LogP contribution in [-0.4, -0.2) is 60.7 Å². The van der Waals surface area contributed by atoms with Gasteiger partial charge in [0.2, 0.25) is 0 Å². The maximum absolute atomic E-state index is 13.1. The molecule has 4 rings (SSSR count). The third-order valence-corrected chi connectivity index (χ3v) is 8.10. The Hall–Kier alpha value is -0.820. The van der Waals surface area contributed by atoms with Crippen LogP contribution in [-0.2, 0) is 14.3 Å². The van der Waals surface area contributed by atoms with Crippen LogP contribution < -0.4 is 0 Å². The van der Waals surface area contributed by atoms with Crippen molar-refractivity contribution in [3.05, 3.63) is 33.9 Å². The van der Waals surface area contributed by atoms with Crippen molar-refractivity contribution < 1.29 is 18.8 Å². The lowest BCUT2D eigenvalue weighted by Gasteiger charge is -2.35. The van der Waals surface area contributed by atoms with Crippen LogP contribution in [0.5, 0.6) is 0 Å². The van der Waals surface area contributed by atoms with Gasteiger partial charge in [-0.15, -0.1) is 23.1 Å². The molecule has 26 heavy (non-hydrogen) atoms. The van der Waals surface area contributed by atoms with Crippen molar-refractivity contribution in [1.29, 1.82) is 0 Å². The molecule has 0 aromatic carbocycles. The molecule has 0 spiro atoms. The molecule has 0 aliphatic carbocycles. The van der Waals surface area contributed by atoms with Crippen molar-refractivity contribution in [2.45, 2.75) is 61.7 Å². The molecule has 6 unspecified atom stereocenters. The standard InChI is InChI=1S/C20H28NO3S2/c1-4-13(11-14-19-15(24-19)12-21(14,2)3)23-20(22)18(16-7-5-9-25-16)17-8-6-10-26-17/h5-7,9-10,13-15,17-19H,4,8,11-12H2,1-3H3/q+1. The van der Waals surface area contributed by atoms with Crippen molar-refractivity contribution >= 4 is 29.1 Å². The SMILES string of the molecule is CCC(CC1C2OC2C[N+]1(C)C)OC(=O)C(c1cccs1)C1CC=CS1. The van der Waals surface area contributed by atoms with Crippen LogP contribution in [0, 0.1) is 0 Å². The van der Waals surface area contributed by atoms with Gasteiger partial charge in [0, 0.05) is 16.5 Å². The Balaban J connectivity index is 1.44. The number of thiophene rings is 1. The van der Waals surface area contributed by atoms with Crippen molar-refractivity contribution in [1.82, 2.24) is 0 Å². The second-order valence-corrected chi connectivity index (χ2v) is 10.3. The summed E-state index contributed by atoms with van der Waals surface area (Å²) in [7, 11) is 4.54. The van der Waals surface area contributed by atoms with Crippen LogP contribution in [0.1, 0.15) is 37.0 Å². The zero-order valence-electron chi connectivity index (χ0n) is 15.7. The fourth-order valence-electron chi connectivity index (χ4n) is 4.40. The van der Waals surface area contributed by atoms with Gasteiger partial charge in [0.05, 0.1) is 14.1 Å². The molecule has 3 aliphatic heterocycles. The van der Waals surface area contributed by atoms with Gasteiger partial charge in [-0.3, -0.25) is 4.79 Å². The monoisotopic (exact) mass is 394 g/mol. The summed E-state index contributed by atoms with van der Waals surface area (Å²) in [5.74, 6) is -0.225. The highest BCUT2D eigenvalue weighted by molar-refractivity contribution is 8.03. The molecule has 0 radical (unpaired) electrons. The van der Waals surface area contributed by atoms with E-state index in [1.807, 2.05) is 11.4 Å². The number of likely N-dealkylation sites (N-methyl/N-ethyl adjacent to an activating group) is 1. The minimum absolute atomic E-state index is 0.0327. The highest BCUT2D eigenvalue weighted by Gasteiger charge is 2.61. The Morgan fingerprint density at radius 3 is 2.88 bits per heavy atom. The van der Waals surface area contributed by atoms with Crippen LogP contribution in [0.4, 0.5) is 0 Å². The lowest BCUT2D eigenvalue weighted by Crippen LogP contribution is -2.50. The lowest BCUT2D eigenvalue weighted by molar-refractivity contribution is -0.909. The molecular formula is C20H28NO3S2+. The highest BCUT2D eigenvalue weighted by atomic mass is 32.2. The molecule has 6 atom stereocenters. The first-order chi connectivity index (χ1) is 12.5. The van der Waals surface area contributed by atoms with Gasteiger partial charge < -0.3 is 14.0 Å². The maximum atomic E-state index is 13.1. The first-order valence-electron chi connectivity index (χ1n) is 9.52. The van der Waals surface area contributed by atoms with E-state index in [1.54, 1.807) is 23.1 Å². The molecule has 2 saturated heterocycles. The van der Waals surface area contributed by atoms with Crippen molar-refractivity contribution in [3.8, 4) is 0 Å². The van der Waals surface area contributed by atoms with Crippen LogP contribution in [0.15, 0.2) is 29.0 Å². The minimum Gasteiger partial charge on any atom is -0.462 e. The maximum Gasteiger partial charge on any atom is 0.315 e. The van der Waals surface area contributed by atoms with Gasteiger partial charge >= 0.3 is 5.97 Å². The molecule has 6 heteroatoms. The van der Waals surface area contributed by atoms with Gasteiger partial charge in [-0.2, -0.15) is 0 Å². The topological polar surface area (TPSA) is 38.8 Å². The number of rotatable bonds is 7. The average molecular weight is 395 g/mol. The quantitative estimate of drug-likeness (QED) is 0.401. The number of ether oxygens (including phenoxy) is 2. The minimum atomic E-state index is -0.167. The molecule has 0 amide bonds. The van der Waals surface area contributed by atoms with E-state index in [-0.39, 0.29) is 23.2 Å². The van der Waals surface area contributed by atoms with E-state index < -0.39 is 0 Å². The van der Waals surface area contributed by atoms with Gasteiger partial charge in [0.15, 0.2) is 0 Å². The van der Waals surface area contributed by atoms with E-state index in [1.165, 1.54) is 0 Å². The highest BCUT2D eigenvalue weighted by Crippen LogP contribution is 2.43. The molecule has 2 fully saturated rings. The van der Waals surface area contributed by atoms with E-state index >= 15 is 0 Å². The Kier molecular flexibility index (Phi) is 5.21. The Morgan fingerprint density at radius 1 is 1.46 bits per heavy atom. The Morgan fingerprint density at radius 2 is 2.31 bits per heavy atom. The van der Waals surface area contributed by atoms with Crippen molar-refractivity contribution in [2.24, 2.45) is 0 Å². The summed E-state index contributed by atoms with van der Waals surface area (Å²) in [5.41, 5.74) is 0. The van der Waals surface area contributed by atoms with E-state index in [9.17, 15) is 4.79 Å². The molecule has 3 aliphatic rings. The molecule has 142 valence electrons. The first kappa shape index (κ1) is 18.5. The number of nitrogens with zero attached hydrogens (tertiary/aromatic N) is 1. The van der Waals surface area contributed by atoms with Crippen LogP contribution >= 0.6 is 23.1 Å². The van der Waals surface area contributed by atoms with E-state index in [4.69, 9.17) is 9.47 Å². The summed E-state index contributed by atoms with van der Waals surface area (Å²) in [5, 5.41) is 4.41. The molecule has 0 N–H and O–H groups in total. The van der Waals surface area contributed by atoms with Gasteiger partial charge in [0.1, 0.15) is 36.8 Å². The van der Waals surface area contributed by atoms with Crippen LogP contribution in [0.2, 0.25) is 0 Å². The zero-order chi connectivity index (χ0) is 18.3. The Bertz CT molecular complexity index is 665. The van der Waals surface area contributed by atoms with Gasteiger partial charge in [-0.25, -0.2) is 0 Å². The number of hydrogen-bond acceptors (Lipinski definition) is 5. The average Bonchev–Trinajstić information content (AvgIpc) is 3.04. The second kappa shape index (κ2) is 7.30. The lowest BCUT2D eigenvalue weighted by atomic mass is 10.00. The molecular weight excluding hydrogens is 366 g/mol. The number of carbonyl (C=O) groups is 1. The predicted molar refractivity (Wildman–Crippen MR) is 106 cm³/mol. The summed E-state index contributed by atoms with van der Waals surface area (Å²) < 4.78 is 12.8. The Labute approximate surface area is 164 Å². The number of quaternary nitrogens is 1. The zero-order valence-corrected chi connectivity index (χ0v) is 17.3. The number of esters is 1. The molecule has 4 nitrogen and oxygen atoms in total.